The molecule has 5 nitrogen and oxygen atoms in total. The van der Waals surface area contributed by atoms with Crippen LogP contribution in [-0.2, 0) is 6.54 Å². The molecule has 1 amide bonds. The number of carbonyl (C=O) groups is 1. The van der Waals surface area contributed by atoms with Gasteiger partial charge in [-0.1, -0.05) is 18.2 Å². The van der Waals surface area contributed by atoms with E-state index < -0.39 is 0 Å². The summed E-state index contributed by atoms with van der Waals surface area (Å²) < 4.78 is 18.6. The Kier molecular flexibility index (Phi) is 3.91. The van der Waals surface area contributed by atoms with E-state index in [2.05, 4.69) is 15.5 Å². The van der Waals surface area contributed by atoms with Crippen LogP contribution in [0.2, 0.25) is 0 Å². The quantitative estimate of drug-likeness (QED) is 0.804. The number of hydrogen-bond acceptors (Lipinski definition) is 4. The Morgan fingerprint density at radius 3 is 2.59 bits per heavy atom. The molecular weight excluding hydrogens is 285 g/mol. The van der Waals surface area contributed by atoms with E-state index in [-0.39, 0.29) is 18.3 Å². The van der Waals surface area contributed by atoms with Crippen molar-refractivity contribution in [3.8, 4) is 11.5 Å². The fourth-order valence-electron chi connectivity index (χ4n) is 1.98. The molecule has 1 N–H and O–H groups in total. The van der Waals surface area contributed by atoms with Gasteiger partial charge >= 0.3 is 0 Å². The van der Waals surface area contributed by atoms with Crippen LogP contribution in [-0.4, -0.2) is 16.1 Å². The molecule has 0 saturated carbocycles. The third-order valence-electron chi connectivity index (χ3n) is 3.15. The first-order chi connectivity index (χ1) is 10.7. The summed E-state index contributed by atoms with van der Waals surface area (Å²) in [6, 6.07) is 13.1. The highest BCUT2D eigenvalue weighted by Crippen LogP contribution is 2.16. The Balaban J connectivity index is 1.67. The van der Waals surface area contributed by atoms with Gasteiger partial charge in [-0.15, -0.1) is 10.2 Å². The molecule has 0 aliphatic rings. The molecular formula is C16H12FN3O2. The standard InChI is InChI=1S/C16H12FN3O2/c17-14-4-2-1-3-13(14)9-18-15(21)11-5-7-12(8-6-11)16-20-19-10-22-16/h1-8,10H,9H2,(H,18,21). The second-order valence-electron chi connectivity index (χ2n) is 4.60. The van der Waals surface area contributed by atoms with Gasteiger partial charge in [0, 0.05) is 23.2 Å². The fourth-order valence-corrected chi connectivity index (χ4v) is 1.98. The van der Waals surface area contributed by atoms with Gasteiger partial charge in [0.2, 0.25) is 12.3 Å². The van der Waals surface area contributed by atoms with E-state index in [9.17, 15) is 9.18 Å². The van der Waals surface area contributed by atoms with Gasteiger partial charge in [0.05, 0.1) is 0 Å². The zero-order valence-electron chi connectivity index (χ0n) is 11.5. The van der Waals surface area contributed by atoms with Gasteiger partial charge in [-0.05, 0) is 30.3 Å². The van der Waals surface area contributed by atoms with E-state index >= 15 is 0 Å². The first kappa shape index (κ1) is 13.9. The molecule has 0 aliphatic carbocycles. The van der Waals surface area contributed by atoms with Crippen LogP contribution in [0.3, 0.4) is 0 Å². The van der Waals surface area contributed by atoms with Crippen molar-refractivity contribution >= 4 is 5.91 Å². The molecule has 0 aliphatic heterocycles. The summed E-state index contributed by atoms with van der Waals surface area (Å²) in [6.45, 7) is 0.136. The number of aromatic nitrogens is 2. The smallest absolute Gasteiger partial charge is 0.251 e. The maximum atomic E-state index is 13.5. The van der Waals surface area contributed by atoms with Crippen LogP contribution < -0.4 is 5.32 Å². The van der Waals surface area contributed by atoms with E-state index in [4.69, 9.17) is 4.42 Å². The summed E-state index contributed by atoms with van der Waals surface area (Å²) in [4.78, 5) is 12.0. The number of hydrogen-bond donors (Lipinski definition) is 1. The van der Waals surface area contributed by atoms with Crippen molar-refractivity contribution in [1.82, 2.24) is 15.5 Å². The van der Waals surface area contributed by atoms with E-state index in [0.29, 0.717) is 17.0 Å². The second-order valence-corrected chi connectivity index (χ2v) is 4.60. The maximum absolute atomic E-state index is 13.5. The number of carbonyl (C=O) groups excluding carboxylic acids is 1. The van der Waals surface area contributed by atoms with E-state index in [1.165, 1.54) is 12.5 Å². The zero-order valence-corrected chi connectivity index (χ0v) is 11.5. The molecule has 3 rings (SSSR count). The normalized spacial score (nSPS) is 10.4. The number of nitrogens with zero attached hydrogens (tertiary/aromatic N) is 2. The molecule has 0 radical (unpaired) electrons. The van der Waals surface area contributed by atoms with E-state index in [1.54, 1.807) is 42.5 Å². The van der Waals surface area contributed by atoms with Crippen molar-refractivity contribution in [2.75, 3.05) is 0 Å². The number of nitrogens with one attached hydrogen (secondary N) is 1. The van der Waals surface area contributed by atoms with Gasteiger partial charge in [0.15, 0.2) is 0 Å². The lowest BCUT2D eigenvalue weighted by atomic mass is 10.1. The first-order valence-corrected chi connectivity index (χ1v) is 6.62. The minimum Gasteiger partial charge on any atom is -0.423 e. The minimum atomic E-state index is -0.338. The summed E-state index contributed by atoms with van der Waals surface area (Å²) in [6.07, 6.45) is 1.24. The largest absolute Gasteiger partial charge is 0.423 e. The monoisotopic (exact) mass is 297 g/mol. The topological polar surface area (TPSA) is 68.0 Å². The summed E-state index contributed by atoms with van der Waals surface area (Å²) in [5.74, 6) is -0.229. The molecule has 22 heavy (non-hydrogen) atoms. The van der Waals surface area contributed by atoms with Gasteiger partial charge < -0.3 is 9.73 Å². The van der Waals surface area contributed by atoms with Crippen LogP contribution >= 0.6 is 0 Å². The Bertz CT molecular complexity index is 770. The molecule has 2 aromatic carbocycles. The molecule has 1 heterocycles. The Morgan fingerprint density at radius 2 is 1.91 bits per heavy atom. The van der Waals surface area contributed by atoms with Crippen LogP contribution in [0.1, 0.15) is 15.9 Å². The summed E-state index contributed by atoms with van der Waals surface area (Å²) in [5, 5.41) is 10.1. The lowest BCUT2D eigenvalue weighted by molar-refractivity contribution is 0.0950. The highest BCUT2D eigenvalue weighted by atomic mass is 19.1. The predicted molar refractivity (Wildman–Crippen MR) is 77.3 cm³/mol. The average molecular weight is 297 g/mol. The maximum Gasteiger partial charge on any atom is 0.251 e. The molecule has 3 aromatic rings. The van der Waals surface area contributed by atoms with Gasteiger partial charge in [0.1, 0.15) is 5.82 Å². The zero-order chi connectivity index (χ0) is 15.4. The van der Waals surface area contributed by atoms with E-state index in [0.717, 1.165) is 5.56 Å². The van der Waals surface area contributed by atoms with Gasteiger partial charge in [-0.25, -0.2) is 4.39 Å². The van der Waals surface area contributed by atoms with Crippen molar-refractivity contribution < 1.29 is 13.6 Å². The number of halogens is 1. The number of amides is 1. The van der Waals surface area contributed by atoms with Crippen molar-refractivity contribution in [3.63, 3.8) is 0 Å². The highest BCUT2D eigenvalue weighted by Gasteiger charge is 2.09. The molecule has 1 aromatic heterocycles. The third-order valence-corrected chi connectivity index (χ3v) is 3.15. The Morgan fingerprint density at radius 1 is 1.14 bits per heavy atom. The average Bonchev–Trinajstić information content (AvgIpc) is 3.08. The van der Waals surface area contributed by atoms with Crippen molar-refractivity contribution in [2.24, 2.45) is 0 Å². The Hall–Kier alpha value is -3.02. The number of benzene rings is 2. The van der Waals surface area contributed by atoms with E-state index in [1.807, 2.05) is 0 Å². The summed E-state index contributed by atoms with van der Waals surface area (Å²) >= 11 is 0. The summed E-state index contributed by atoms with van der Waals surface area (Å²) in [7, 11) is 0. The molecule has 110 valence electrons. The lowest BCUT2D eigenvalue weighted by Crippen LogP contribution is -2.23. The van der Waals surface area contributed by atoms with Crippen molar-refractivity contribution in [1.29, 1.82) is 0 Å². The molecule has 0 unspecified atom stereocenters. The van der Waals surface area contributed by atoms with Crippen LogP contribution in [0.15, 0.2) is 59.3 Å². The molecule has 0 fully saturated rings. The van der Waals surface area contributed by atoms with Gasteiger partial charge in [-0.3, -0.25) is 4.79 Å². The van der Waals surface area contributed by atoms with Crippen LogP contribution in [0.5, 0.6) is 0 Å². The predicted octanol–water partition coefficient (Wildman–Crippen LogP) is 2.81. The molecule has 0 spiro atoms. The van der Waals surface area contributed by atoms with Crippen LogP contribution in [0.4, 0.5) is 4.39 Å². The molecule has 0 saturated heterocycles. The van der Waals surface area contributed by atoms with Crippen molar-refractivity contribution in [3.05, 3.63) is 71.9 Å². The SMILES string of the molecule is O=C(NCc1ccccc1F)c1ccc(-c2nnco2)cc1. The third kappa shape index (κ3) is 3.01. The summed E-state index contributed by atoms with van der Waals surface area (Å²) in [5.41, 5.74) is 1.64. The van der Waals surface area contributed by atoms with Gasteiger partial charge in [0.25, 0.3) is 5.91 Å². The Labute approximate surface area is 125 Å². The lowest BCUT2D eigenvalue weighted by Gasteiger charge is -2.06. The number of rotatable bonds is 4. The fraction of sp³-hybridized carbons (Fsp3) is 0.0625. The molecule has 0 bridgehead atoms. The van der Waals surface area contributed by atoms with Crippen molar-refractivity contribution in [2.45, 2.75) is 6.54 Å². The second kappa shape index (κ2) is 6.17. The molecule has 6 heteroatoms. The molecule has 0 atom stereocenters. The first-order valence-electron chi connectivity index (χ1n) is 6.62. The minimum absolute atomic E-state index is 0.136. The highest BCUT2D eigenvalue weighted by molar-refractivity contribution is 5.94. The van der Waals surface area contributed by atoms with Crippen LogP contribution in [0.25, 0.3) is 11.5 Å². The van der Waals surface area contributed by atoms with Gasteiger partial charge in [-0.2, -0.15) is 0 Å². The van der Waals surface area contributed by atoms with Crippen LogP contribution in [0, 0.1) is 5.82 Å².